The molecule has 0 saturated carbocycles. The lowest BCUT2D eigenvalue weighted by atomic mass is 10.1. The maximum absolute atomic E-state index is 12.9. The molecular formula is C21H21Cl2N5O2S. The first-order chi connectivity index (χ1) is 14.8. The van der Waals surface area contributed by atoms with Crippen molar-refractivity contribution in [2.75, 3.05) is 24.3 Å². The average molecular weight is 478 g/mol. The summed E-state index contributed by atoms with van der Waals surface area (Å²) in [7, 11) is 3.93. The first-order valence-electron chi connectivity index (χ1n) is 9.38. The molecule has 162 valence electrons. The Morgan fingerprint density at radius 2 is 1.68 bits per heavy atom. The summed E-state index contributed by atoms with van der Waals surface area (Å²) in [5.74, 6) is -1.07. The molecule has 1 unspecified atom stereocenters. The maximum atomic E-state index is 12.9. The van der Waals surface area contributed by atoms with Crippen molar-refractivity contribution >= 4 is 57.2 Å². The summed E-state index contributed by atoms with van der Waals surface area (Å²) < 4.78 is 0. The molecule has 0 aliphatic carbocycles. The second-order valence-corrected chi connectivity index (χ2v) is 8.97. The molecular weight excluding hydrogens is 457 g/mol. The number of halogens is 2. The van der Waals surface area contributed by atoms with Gasteiger partial charge in [-0.2, -0.15) is 0 Å². The van der Waals surface area contributed by atoms with Crippen molar-refractivity contribution < 1.29 is 9.59 Å². The summed E-state index contributed by atoms with van der Waals surface area (Å²) >= 11 is 12.5. The molecule has 2 N–H and O–H groups in total. The zero-order chi connectivity index (χ0) is 22.4. The van der Waals surface area contributed by atoms with E-state index in [1.54, 1.807) is 0 Å². The minimum Gasteiger partial charge on any atom is -0.378 e. The van der Waals surface area contributed by atoms with Crippen LogP contribution in [0.1, 0.15) is 5.56 Å². The lowest BCUT2D eigenvalue weighted by Crippen LogP contribution is -2.47. The van der Waals surface area contributed by atoms with Gasteiger partial charge in [0.05, 0.1) is 0 Å². The van der Waals surface area contributed by atoms with Gasteiger partial charge in [0, 0.05) is 31.8 Å². The highest BCUT2D eigenvalue weighted by Crippen LogP contribution is 2.28. The number of anilines is 2. The van der Waals surface area contributed by atoms with Gasteiger partial charge in [-0.1, -0.05) is 64.9 Å². The van der Waals surface area contributed by atoms with Gasteiger partial charge in [0.1, 0.15) is 11.0 Å². The van der Waals surface area contributed by atoms with Crippen LogP contribution in [0.5, 0.6) is 0 Å². The number of nitrogens with zero attached hydrogens (tertiary/aromatic N) is 3. The Hall–Kier alpha value is -2.68. The quantitative estimate of drug-likeness (QED) is 0.482. The van der Waals surface area contributed by atoms with E-state index in [0.717, 1.165) is 16.8 Å². The van der Waals surface area contributed by atoms with Crippen molar-refractivity contribution in [3.05, 3.63) is 60.2 Å². The number of hydrogen-bond acceptors (Lipinski definition) is 6. The summed E-state index contributed by atoms with van der Waals surface area (Å²) in [4.78, 5) is 25.6. The van der Waals surface area contributed by atoms with Crippen LogP contribution in [0.25, 0.3) is 10.6 Å². The third kappa shape index (κ3) is 6.40. The third-order valence-corrected chi connectivity index (χ3v) is 5.68. The normalized spacial score (nSPS) is 11.8. The number of nitrogens with one attached hydrogen (secondary N) is 2. The number of benzene rings is 2. The van der Waals surface area contributed by atoms with Gasteiger partial charge >= 0.3 is 0 Å². The van der Waals surface area contributed by atoms with Gasteiger partial charge in [-0.3, -0.25) is 14.9 Å². The maximum Gasteiger partial charge on any atom is 0.253 e. The Morgan fingerprint density at radius 3 is 2.29 bits per heavy atom. The van der Waals surface area contributed by atoms with Crippen molar-refractivity contribution in [1.82, 2.24) is 15.5 Å². The number of carbonyl (C=O) groups is 2. The van der Waals surface area contributed by atoms with Gasteiger partial charge in [-0.05, 0) is 29.8 Å². The molecule has 0 radical (unpaired) electrons. The molecule has 1 aromatic heterocycles. The predicted molar refractivity (Wildman–Crippen MR) is 126 cm³/mol. The van der Waals surface area contributed by atoms with E-state index in [0.29, 0.717) is 10.1 Å². The van der Waals surface area contributed by atoms with Gasteiger partial charge in [-0.15, -0.1) is 10.2 Å². The Labute approximate surface area is 194 Å². The Bertz CT molecular complexity index is 1030. The lowest BCUT2D eigenvalue weighted by Gasteiger charge is -2.18. The van der Waals surface area contributed by atoms with Crippen LogP contribution in [0.4, 0.5) is 10.8 Å². The Kier molecular flexibility index (Phi) is 7.84. The number of aromatic nitrogens is 2. The monoisotopic (exact) mass is 477 g/mol. The molecule has 0 spiro atoms. The molecule has 31 heavy (non-hydrogen) atoms. The third-order valence-electron chi connectivity index (χ3n) is 4.40. The van der Waals surface area contributed by atoms with Crippen molar-refractivity contribution in [1.29, 1.82) is 0 Å². The Morgan fingerprint density at radius 1 is 1.00 bits per heavy atom. The van der Waals surface area contributed by atoms with Crippen LogP contribution in [0, 0.1) is 0 Å². The van der Waals surface area contributed by atoms with Crippen molar-refractivity contribution in [3.63, 3.8) is 0 Å². The van der Waals surface area contributed by atoms with E-state index in [-0.39, 0.29) is 6.42 Å². The van der Waals surface area contributed by atoms with Crippen LogP contribution in [0.2, 0.25) is 0 Å². The minimum absolute atomic E-state index is 0.274. The van der Waals surface area contributed by atoms with Gasteiger partial charge < -0.3 is 10.2 Å². The summed E-state index contributed by atoms with van der Waals surface area (Å²) in [6.45, 7) is 0. The summed E-state index contributed by atoms with van der Waals surface area (Å²) in [6, 6.07) is 16.3. The molecule has 2 amide bonds. The van der Waals surface area contributed by atoms with E-state index in [2.05, 4.69) is 20.8 Å². The SMILES string of the molecule is CN(C)c1ccc(-c2nnc(NC(=O)C(Cc3ccccc3)NC(=O)C(Cl)Cl)s2)cc1. The van der Waals surface area contributed by atoms with Crippen LogP contribution >= 0.6 is 34.5 Å². The number of rotatable bonds is 8. The fourth-order valence-electron chi connectivity index (χ4n) is 2.78. The molecule has 7 nitrogen and oxygen atoms in total. The minimum atomic E-state index is -1.27. The predicted octanol–water partition coefficient (Wildman–Crippen LogP) is 3.74. The summed E-state index contributed by atoms with van der Waals surface area (Å²) in [6.07, 6.45) is 0.274. The number of hydrogen-bond donors (Lipinski definition) is 2. The molecule has 1 heterocycles. The first kappa shape index (κ1) is 23.0. The highest BCUT2D eigenvalue weighted by atomic mass is 35.5. The zero-order valence-electron chi connectivity index (χ0n) is 16.9. The summed E-state index contributed by atoms with van der Waals surface area (Å²) in [5, 5.41) is 14.5. The molecule has 3 rings (SSSR count). The second-order valence-electron chi connectivity index (χ2n) is 6.89. The van der Waals surface area contributed by atoms with Gasteiger partial charge in [0.2, 0.25) is 11.0 Å². The van der Waals surface area contributed by atoms with Gasteiger partial charge in [0.15, 0.2) is 4.84 Å². The topological polar surface area (TPSA) is 87.2 Å². The first-order valence-corrected chi connectivity index (χ1v) is 11.1. The molecule has 0 saturated heterocycles. The summed E-state index contributed by atoms with van der Waals surface area (Å²) in [5.41, 5.74) is 2.84. The molecule has 0 bridgehead atoms. The van der Waals surface area contributed by atoms with Crippen LogP contribution in [0.3, 0.4) is 0 Å². The van der Waals surface area contributed by atoms with E-state index >= 15 is 0 Å². The molecule has 1 atom stereocenters. The average Bonchev–Trinajstić information content (AvgIpc) is 3.22. The Balaban J connectivity index is 1.72. The smallest absolute Gasteiger partial charge is 0.253 e. The highest BCUT2D eigenvalue weighted by molar-refractivity contribution is 7.18. The van der Waals surface area contributed by atoms with Crippen molar-refractivity contribution in [2.24, 2.45) is 0 Å². The molecule has 0 aliphatic heterocycles. The van der Waals surface area contributed by atoms with E-state index in [4.69, 9.17) is 23.2 Å². The fraction of sp³-hybridized carbons (Fsp3) is 0.238. The van der Waals surface area contributed by atoms with Crippen LogP contribution < -0.4 is 15.5 Å². The van der Waals surface area contributed by atoms with Crippen molar-refractivity contribution in [2.45, 2.75) is 17.3 Å². The largest absolute Gasteiger partial charge is 0.378 e. The molecule has 0 fully saturated rings. The number of alkyl halides is 2. The van der Waals surface area contributed by atoms with Crippen LogP contribution in [0.15, 0.2) is 54.6 Å². The second kappa shape index (κ2) is 10.6. The molecule has 0 aliphatic rings. The fourth-order valence-corrected chi connectivity index (χ4v) is 3.66. The van der Waals surface area contributed by atoms with Crippen LogP contribution in [-0.4, -0.2) is 47.0 Å². The van der Waals surface area contributed by atoms with Crippen molar-refractivity contribution in [3.8, 4) is 10.6 Å². The van der Waals surface area contributed by atoms with Gasteiger partial charge in [-0.25, -0.2) is 0 Å². The van der Waals surface area contributed by atoms with E-state index in [1.807, 2.05) is 73.6 Å². The standard InChI is InChI=1S/C21H21Cl2N5O2S/c1-28(2)15-10-8-14(9-11-15)20-26-27-21(31-20)25-18(29)16(24-19(30)17(22)23)12-13-6-4-3-5-7-13/h3-11,16-17H,12H2,1-2H3,(H,24,30)(H,25,27,29). The van der Waals surface area contributed by atoms with E-state index in [9.17, 15) is 9.59 Å². The molecule has 2 aromatic carbocycles. The number of carbonyl (C=O) groups excluding carboxylic acids is 2. The lowest BCUT2D eigenvalue weighted by molar-refractivity contribution is -0.125. The highest BCUT2D eigenvalue weighted by Gasteiger charge is 2.25. The zero-order valence-corrected chi connectivity index (χ0v) is 19.2. The number of amides is 2. The van der Waals surface area contributed by atoms with E-state index in [1.165, 1.54) is 11.3 Å². The van der Waals surface area contributed by atoms with Crippen LogP contribution in [-0.2, 0) is 16.0 Å². The molecule has 10 heteroatoms. The molecule has 3 aromatic rings. The van der Waals surface area contributed by atoms with E-state index < -0.39 is 22.7 Å². The van der Waals surface area contributed by atoms with Gasteiger partial charge in [0.25, 0.3) is 5.91 Å².